The van der Waals surface area contributed by atoms with E-state index < -0.39 is 0 Å². The highest BCUT2D eigenvalue weighted by molar-refractivity contribution is 6.03. The summed E-state index contributed by atoms with van der Waals surface area (Å²) in [6.45, 7) is 4.84. The second-order valence-corrected chi connectivity index (χ2v) is 6.98. The summed E-state index contributed by atoms with van der Waals surface area (Å²) in [5, 5.41) is 10.7. The molecule has 146 valence electrons. The number of amides is 1. The highest BCUT2D eigenvalue weighted by Gasteiger charge is 2.21. The van der Waals surface area contributed by atoms with Gasteiger partial charge in [0.25, 0.3) is 5.91 Å². The van der Waals surface area contributed by atoms with E-state index in [2.05, 4.69) is 27.6 Å². The standard InChI is InChI=1S/C20H29N5O2/c1-3-4-5-14-27-17-8-6-16(7-9-17)19(26)23-20-22-18(24-25(20)2)15-10-12-21-13-11-15/h6-9,15,21H,3-5,10-14H2,1-2H3,(H,22,23,24,26). The smallest absolute Gasteiger partial charge is 0.258 e. The summed E-state index contributed by atoms with van der Waals surface area (Å²) in [5.41, 5.74) is 0.572. The third kappa shape index (κ3) is 5.29. The first-order valence-corrected chi connectivity index (χ1v) is 9.83. The van der Waals surface area contributed by atoms with Gasteiger partial charge in [-0.05, 0) is 56.6 Å². The molecule has 2 N–H and O–H groups in total. The fourth-order valence-electron chi connectivity index (χ4n) is 3.18. The Kier molecular flexibility index (Phi) is 6.81. The van der Waals surface area contributed by atoms with E-state index >= 15 is 0 Å². The fourth-order valence-corrected chi connectivity index (χ4v) is 3.18. The number of aromatic nitrogens is 3. The molecular formula is C20H29N5O2. The van der Waals surface area contributed by atoms with Crippen LogP contribution in [0.15, 0.2) is 24.3 Å². The lowest BCUT2D eigenvalue weighted by atomic mass is 9.98. The van der Waals surface area contributed by atoms with E-state index in [1.807, 2.05) is 12.1 Å². The molecule has 0 bridgehead atoms. The van der Waals surface area contributed by atoms with Gasteiger partial charge in [-0.1, -0.05) is 19.8 Å². The zero-order chi connectivity index (χ0) is 19.1. The van der Waals surface area contributed by atoms with Crippen molar-refractivity contribution in [2.45, 2.75) is 44.9 Å². The Morgan fingerprint density at radius 3 is 2.70 bits per heavy atom. The molecule has 7 heteroatoms. The van der Waals surface area contributed by atoms with Gasteiger partial charge in [0.1, 0.15) is 5.75 Å². The highest BCUT2D eigenvalue weighted by Crippen LogP contribution is 2.23. The van der Waals surface area contributed by atoms with Crippen LogP contribution in [0.2, 0.25) is 0 Å². The van der Waals surface area contributed by atoms with E-state index in [1.54, 1.807) is 23.9 Å². The number of ether oxygens (including phenoxy) is 1. The van der Waals surface area contributed by atoms with Crippen LogP contribution in [0.5, 0.6) is 5.75 Å². The third-order valence-electron chi connectivity index (χ3n) is 4.84. The first-order chi connectivity index (χ1) is 13.2. The lowest BCUT2D eigenvalue weighted by Gasteiger charge is -2.19. The summed E-state index contributed by atoms with van der Waals surface area (Å²) in [7, 11) is 1.81. The zero-order valence-corrected chi connectivity index (χ0v) is 16.2. The molecule has 0 saturated carbocycles. The average molecular weight is 371 g/mol. The summed E-state index contributed by atoms with van der Waals surface area (Å²) < 4.78 is 7.33. The zero-order valence-electron chi connectivity index (χ0n) is 16.2. The Labute approximate surface area is 160 Å². The molecule has 1 fully saturated rings. The first-order valence-electron chi connectivity index (χ1n) is 9.83. The molecule has 1 aliphatic rings. The summed E-state index contributed by atoms with van der Waals surface area (Å²) in [4.78, 5) is 17.1. The summed E-state index contributed by atoms with van der Waals surface area (Å²) in [6.07, 6.45) is 5.43. The Morgan fingerprint density at radius 2 is 2.00 bits per heavy atom. The third-order valence-corrected chi connectivity index (χ3v) is 4.84. The Bertz CT molecular complexity index is 735. The second-order valence-electron chi connectivity index (χ2n) is 6.98. The van der Waals surface area contributed by atoms with Crippen LogP contribution < -0.4 is 15.4 Å². The van der Waals surface area contributed by atoms with Crippen molar-refractivity contribution in [1.82, 2.24) is 20.1 Å². The Morgan fingerprint density at radius 1 is 1.26 bits per heavy atom. The van der Waals surface area contributed by atoms with Crippen LogP contribution in [0.1, 0.15) is 61.1 Å². The minimum absolute atomic E-state index is 0.195. The molecule has 1 aliphatic heterocycles. The number of nitrogens with one attached hydrogen (secondary N) is 2. The number of carbonyl (C=O) groups excluding carboxylic acids is 1. The van der Waals surface area contributed by atoms with Crippen molar-refractivity contribution in [2.24, 2.45) is 7.05 Å². The number of piperidine rings is 1. The topological polar surface area (TPSA) is 81.1 Å². The number of unbranched alkanes of at least 4 members (excludes halogenated alkanes) is 2. The van der Waals surface area contributed by atoms with Crippen LogP contribution in [0.3, 0.4) is 0 Å². The van der Waals surface area contributed by atoms with Gasteiger partial charge in [0.2, 0.25) is 5.95 Å². The molecule has 0 aliphatic carbocycles. The number of rotatable bonds is 8. The normalized spacial score (nSPS) is 14.9. The molecule has 0 atom stereocenters. The lowest BCUT2D eigenvalue weighted by molar-refractivity contribution is 0.102. The molecule has 27 heavy (non-hydrogen) atoms. The summed E-state index contributed by atoms with van der Waals surface area (Å²) in [6, 6.07) is 7.21. The van der Waals surface area contributed by atoms with Crippen LogP contribution in [0.4, 0.5) is 5.95 Å². The van der Waals surface area contributed by atoms with Crippen molar-refractivity contribution in [3.8, 4) is 5.75 Å². The van der Waals surface area contributed by atoms with Crippen molar-refractivity contribution in [3.63, 3.8) is 0 Å². The van der Waals surface area contributed by atoms with Crippen molar-refractivity contribution in [3.05, 3.63) is 35.7 Å². The predicted octanol–water partition coefficient (Wildman–Crippen LogP) is 3.10. The van der Waals surface area contributed by atoms with Crippen molar-refractivity contribution in [2.75, 3.05) is 25.0 Å². The van der Waals surface area contributed by atoms with E-state index in [1.165, 1.54) is 6.42 Å². The van der Waals surface area contributed by atoms with Gasteiger partial charge in [0.05, 0.1) is 6.61 Å². The maximum absolute atomic E-state index is 12.5. The van der Waals surface area contributed by atoms with Crippen molar-refractivity contribution < 1.29 is 9.53 Å². The molecule has 1 aromatic heterocycles. The molecule has 0 unspecified atom stereocenters. The number of anilines is 1. The number of hydrogen-bond acceptors (Lipinski definition) is 5. The molecular weight excluding hydrogens is 342 g/mol. The van der Waals surface area contributed by atoms with E-state index in [0.717, 1.165) is 50.3 Å². The lowest BCUT2D eigenvalue weighted by Crippen LogP contribution is -2.27. The Balaban J connectivity index is 1.57. The minimum atomic E-state index is -0.195. The van der Waals surface area contributed by atoms with Crippen LogP contribution >= 0.6 is 0 Å². The monoisotopic (exact) mass is 371 g/mol. The van der Waals surface area contributed by atoms with Crippen LogP contribution in [0, 0.1) is 0 Å². The number of hydrogen-bond donors (Lipinski definition) is 2. The molecule has 2 aromatic rings. The largest absolute Gasteiger partial charge is 0.494 e. The molecule has 0 spiro atoms. The maximum Gasteiger partial charge on any atom is 0.258 e. The molecule has 0 radical (unpaired) electrons. The van der Waals surface area contributed by atoms with Gasteiger partial charge in [-0.15, -0.1) is 0 Å². The molecule has 1 aromatic carbocycles. The van der Waals surface area contributed by atoms with Crippen molar-refractivity contribution >= 4 is 11.9 Å². The van der Waals surface area contributed by atoms with Gasteiger partial charge in [-0.25, -0.2) is 4.68 Å². The quantitative estimate of drug-likeness (QED) is 0.697. The van der Waals surface area contributed by atoms with Gasteiger partial charge >= 0.3 is 0 Å². The van der Waals surface area contributed by atoms with Crippen LogP contribution in [-0.4, -0.2) is 40.4 Å². The predicted molar refractivity (Wildman–Crippen MR) is 105 cm³/mol. The van der Waals surface area contributed by atoms with Gasteiger partial charge in [0.15, 0.2) is 5.82 Å². The molecule has 1 amide bonds. The number of aryl methyl sites for hydroxylation is 1. The minimum Gasteiger partial charge on any atom is -0.494 e. The van der Waals surface area contributed by atoms with Crippen LogP contribution in [-0.2, 0) is 7.05 Å². The van der Waals surface area contributed by atoms with Gasteiger partial charge in [-0.2, -0.15) is 10.1 Å². The summed E-state index contributed by atoms with van der Waals surface area (Å²) in [5.74, 6) is 2.24. The fraction of sp³-hybridized carbons (Fsp3) is 0.550. The first kappa shape index (κ1) is 19.4. The Hall–Kier alpha value is -2.41. The number of nitrogens with zero attached hydrogens (tertiary/aromatic N) is 3. The van der Waals surface area contributed by atoms with E-state index in [9.17, 15) is 4.79 Å². The van der Waals surface area contributed by atoms with Crippen molar-refractivity contribution in [1.29, 1.82) is 0 Å². The van der Waals surface area contributed by atoms with Gasteiger partial charge < -0.3 is 10.1 Å². The summed E-state index contributed by atoms with van der Waals surface area (Å²) >= 11 is 0. The molecule has 1 saturated heterocycles. The van der Waals surface area contributed by atoms with Gasteiger partial charge in [0, 0.05) is 18.5 Å². The molecule has 7 nitrogen and oxygen atoms in total. The number of benzene rings is 1. The molecule has 2 heterocycles. The SMILES string of the molecule is CCCCCOc1ccc(C(=O)Nc2nc(C3CCNCC3)nn2C)cc1. The van der Waals surface area contributed by atoms with E-state index in [-0.39, 0.29) is 5.91 Å². The van der Waals surface area contributed by atoms with E-state index in [4.69, 9.17) is 4.74 Å². The average Bonchev–Trinajstić information content (AvgIpc) is 3.07. The van der Waals surface area contributed by atoms with Gasteiger partial charge in [-0.3, -0.25) is 10.1 Å². The van der Waals surface area contributed by atoms with E-state index in [0.29, 0.717) is 24.0 Å². The highest BCUT2D eigenvalue weighted by atomic mass is 16.5. The second kappa shape index (κ2) is 9.50. The number of carbonyl (C=O) groups is 1. The van der Waals surface area contributed by atoms with Crippen LogP contribution in [0.25, 0.3) is 0 Å². The molecule has 3 rings (SSSR count). The maximum atomic E-state index is 12.5.